The van der Waals surface area contributed by atoms with Crippen LogP contribution in [0.2, 0.25) is 0 Å². The molecule has 0 unspecified atom stereocenters. The van der Waals surface area contributed by atoms with Gasteiger partial charge in [-0.25, -0.2) is 19.6 Å². The molecule has 9 nitrogen and oxygen atoms in total. The molecule has 0 aliphatic carbocycles. The Morgan fingerprint density at radius 1 is 1.15 bits per heavy atom. The topological polar surface area (TPSA) is 117 Å². The zero-order valence-electron chi connectivity index (χ0n) is 18.6. The molecule has 1 aliphatic rings. The number of carboxylic acid groups (broad SMARTS) is 1. The van der Waals surface area contributed by atoms with Gasteiger partial charge in [0.05, 0.1) is 16.9 Å². The van der Waals surface area contributed by atoms with E-state index in [1.54, 1.807) is 17.6 Å². The first-order valence-electron chi connectivity index (χ1n) is 11.2. The molecule has 0 radical (unpaired) electrons. The van der Waals surface area contributed by atoms with Crippen molar-refractivity contribution in [2.24, 2.45) is 5.92 Å². The summed E-state index contributed by atoms with van der Waals surface area (Å²) in [6, 6.07) is 13.1. The SMILES string of the molecule is O=C(O)Nc1ccc(-c2cccc(N3CCC(CCNC(=O)OCc4cscn4)CC3)n2)cc1. The standard InChI is InChI=1S/C24H27N5O4S/c30-23(31)27-19-6-4-18(5-7-19)21-2-1-3-22(28-21)29-12-9-17(10-13-29)8-11-25-24(32)33-14-20-15-34-16-26-20/h1-7,15-17,27H,8-14H2,(H,25,32)(H,30,31). The lowest BCUT2D eigenvalue weighted by Gasteiger charge is -2.33. The maximum atomic E-state index is 11.8. The van der Waals surface area contributed by atoms with Gasteiger partial charge in [0, 0.05) is 36.3 Å². The molecule has 3 aromatic rings. The number of pyridine rings is 1. The number of hydrogen-bond acceptors (Lipinski definition) is 7. The second-order valence-electron chi connectivity index (χ2n) is 8.09. The highest BCUT2D eigenvalue weighted by Gasteiger charge is 2.20. The quantitative estimate of drug-likeness (QED) is 0.422. The average Bonchev–Trinajstić information content (AvgIpc) is 3.37. The van der Waals surface area contributed by atoms with Gasteiger partial charge >= 0.3 is 12.2 Å². The number of alkyl carbamates (subject to hydrolysis) is 1. The number of carbonyl (C=O) groups is 2. The first kappa shape index (κ1) is 23.5. The number of ether oxygens (including phenoxy) is 1. The Hall–Kier alpha value is -3.66. The molecule has 3 heterocycles. The summed E-state index contributed by atoms with van der Waals surface area (Å²) in [6.07, 6.45) is 1.51. The van der Waals surface area contributed by atoms with Crippen LogP contribution in [0.1, 0.15) is 25.0 Å². The molecule has 1 aromatic carbocycles. The first-order valence-corrected chi connectivity index (χ1v) is 12.1. The van der Waals surface area contributed by atoms with Gasteiger partial charge in [-0.1, -0.05) is 18.2 Å². The maximum absolute atomic E-state index is 11.8. The third-order valence-electron chi connectivity index (χ3n) is 5.76. The van der Waals surface area contributed by atoms with E-state index in [0.29, 0.717) is 18.2 Å². The summed E-state index contributed by atoms with van der Waals surface area (Å²) in [5, 5.41) is 15.9. The van der Waals surface area contributed by atoms with Crippen molar-refractivity contribution in [1.82, 2.24) is 15.3 Å². The average molecular weight is 482 g/mol. The minimum Gasteiger partial charge on any atom is -0.465 e. The number of amides is 2. The van der Waals surface area contributed by atoms with Gasteiger partial charge < -0.3 is 20.1 Å². The normalized spacial score (nSPS) is 13.9. The summed E-state index contributed by atoms with van der Waals surface area (Å²) in [6.45, 7) is 2.62. The van der Waals surface area contributed by atoms with Crippen molar-refractivity contribution in [1.29, 1.82) is 0 Å². The van der Waals surface area contributed by atoms with Gasteiger partial charge in [-0.2, -0.15) is 0 Å². The largest absolute Gasteiger partial charge is 0.465 e. The van der Waals surface area contributed by atoms with E-state index >= 15 is 0 Å². The van der Waals surface area contributed by atoms with Gasteiger partial charge in [-0.15, -0.1) is 11.3 Å². The van der Waals surface area contributed by atoms with Crippen molar-refractivity contribution < 1.29 is 19.4 Å². The molecule has 1 fully saturated rings. The van der Waals surface area contributed by atoms with Crippen LogP contribution in [0, 0.1) is 5.92 Å². The summed E-state index contributed by atoms with van der Waals surface area (Å²) in [5.74, 6) is 1.49. The fourth-order valence-electron chi connectivity index (χ4n) is 3.94. The Labute approximate surface area is 201 Å². The van der Waals surface area contributed by atoms with Crippen LogP contribution in [-0.4, -0.2) is 46.9 Å². The fourth-order valence-corrected chi connectivity index (χ4v) is 4.48. The molecule has 0 atom stereocenters. The van der Waals surface area contributed by atoms with Crippen LogP contribution in [0.15, 0.2) is 53.4 Å². The molecule has 3 N–H and O–H groups in total. The number of piperidine rings is 1. The second-order valence-corrected chi connectivity index (χ2v) is 8.81. The number of hydrogen-bond donors (Lipinski definition) is 3. The van der Waals surface area contributed by atoms with Crippen molar-refractivity contribution >= 4 is 35.0 Å². The molecule has 2 aromatic heterocycles. The van der Waals surface area contributed by atoms with E-state index in [0.717, 1.165) is 55.1 Å². The Morgan fingerprint density at radius 3 is 2.65 bits per heavy atom. The van der Waals surface area contributed by atoms with Gasteiger partial charge in [0.25, 0.3) is 0 Å². The van der Waals surface area contributed by atoms with Gasteiger partial charge in [0.2, 0.25) is 0 Å². The lowest BCUT2D eigenvalue weighted by molar-refractivity contribution is 0.137. The molecule has 34 heavy (non-hydrogen) atoms. The molecule has 0 spiro atoms. The maximum Gasteiger partial charge on any atom is 0.409 e. The van der Waals surface area contributed by atoms with E-state index in [1.165, 1.54) is 11.3 Å². The van der Waals surface area contributed by atoms with E-state index in [-0.39, 0.29) is 6.61 Å². The van der Waals surface area contributed by atoms with Gasteiger partial charge in [0.15, 0.2) is 0 Å². The Kier molecular flexibility index (Phi) is 7.92. The van der Waals surface area contributed by atoms with Crippen molar-refractivity contribution in [2.45, 2.75) is 25.9 Å². The van der Waals surface area contributed by atoms with Crippen LogP contribution in [0.5, 0.6) is 0 Å². The smallest absolute Gasteiger partial charge is 0.409 e. The number of anilines is 2. The van der Waals surface area contributed by atoms with Crippen LogP contribution >= 0.6 is 11.3 Å². The van der Waals surface area contributed by atoms with Crippen molar-refractivity contribution in [3.8, 4) is 11.3 Å². The van der Waals surface area contributed by atoms with Crippen molar-refractivity contribution in [3.05, 3.63) is 59.0 Å². The number of thiazole rings is 1. The number of aromatic nitrogens is 2. The Balaban J connectivity index is 1.22. The van der Waals surface area contributed by atoms with Gasteiger partial charge in [0.1, 0.15) is 12.4 Å². The van der Waals surface area contributed by atoms with Crippen molar-refractivity contribution in [2.75, 3.05) is 29.9 Å². The van der Waals surface area contributed by atoms with E-state index in [1.807, 2.05) is 35.7 Å². The lowest BCUT2D eigenvalue weighted by Crippen LogP contribution is -2.35. The summed E-state index contributed by atoms with van der Waals surface area (Å²) in [5.41, 5.74) is 4.78. The lowest BCUT2D eigenvalue weighted by atomic mass is 9.93. The Morgan fingerprint density at radius 2 is 1.94 bits per heavy atom. The van der Waals surface area contributed by atoms with Crippen LogP contribution in [0.25, 0.3) is 11.3 Å². The van der Waals surface area contributed by atoms with E-state index in [2.05, 4.69) is 20.5 Å². The molecule has 0 saturated carbocycles. The second kappa shape index (κ2) is 11.5. The molecule has 4 rings (SSSR count). The van der Waals surface area contributed by atoms with Crippen LogP contribution < -0.4 is 15.5 Å². The minimum absolute atomic E-state index is 0.198. The van der Waals surface area contributed by atoms with Gasteiger partial charge in [-0.3, -0.25) is 5.32 Å². The summed E-state index contributed by atoms with van der Waals surface area (Å²) in [7, 11) is 0. The number of nitrogens with zero attached hydrogens (tertiary/aromatic N) is 3. The third-order valence-corrected chi connectivity index (χ3v) is 6.40. The highest BCUT2D eigenvalue weighted by atomic mass is 32.1. The van der Waals surface area contributed by atoms with E-state index < -0.39 is 12.2 Å². The van der Waals surface area contributed by atoms with Crippen LogP contribution in [0.3, 0.4) is 0 Å². The number of carbonyl (C=O) groups excluding carboxylic acids is 1. The van der Waals surface area contributed by atoms with Crippen LogP contribution in [-0.2, 0) is 11.3 Å². The van der Waals surface area contributed by atoms with Crippen LogP contribution in [0.4, 0.5) is 21.1 Å². The van der Waals surface area contributed by atoms with Gasteiger partial charge in [-0.05, 0) is 49.4 Å². The summed E-state index contributed by atoms with van der Waals surface area (Å²) in [4.78, 5) is 33.8. The Bertz CT molecular complexity index is 1080. The molecular weight excluding hydrogens is 454 g/mol. The number of nitrogens with one attached hydrogen (secondary N) is 2. The highest BCUT2D eigenvalue weighted by molar-refractivity contribution is 7.07. The van der Waals surface area contributed by atoms with Crippen molar-refractivity contribution in [3.63, 3.8) is 0 Å². The minimum atomic E-state index is -1.08. The highest BCUT2D eigenvalue weighted by Crippen LogP contribution is 2.26. The van der Waals surface area contributed by atoms with E-state index in [4.69, 9.17) is 14.8 Å². The predicted octanol–water partition coefficient (Wildman–Crippen LogP) is 4.83. The first-order chi connectivity index (χ1) is 16.6. The zero-order chi connectivity index (χ0) is 23.8. The molecule has 178 valence electrons. The third kappa shape index (κ3) is 6.67. The molecule has 1 aliphatic heterocycles. The molecular formula is C24H27N5O4S. The summed E-state index contributed by atoms with van der Waals surface area (Å²) < 4.78 is 5.17. The molecule has 10 heteroatoms. The molecule has 0 bridgehead atoms. The summed E-state index contributed by atoms with van der Waals surface area (Å²) >= 11 is 1.48. The molecule has 1 saturated heterocycles. The monoisotopic (exact) mass is 481 g/mol. The zero-order valence-corrected chi connectivity index (χ0v) is 19.5. The number of benzene rings is 1. The predicted molar refractivity (Wildman–Crippen MR) is 131 cm³/mol. The molecule has 2 amide bonds. The number of rotatable bonds is 8. The fraction of sp³-hybridized carbons (Fsp3) is 0.333. The van der Waals surface area contributed by atoms with E-state index in [9.17, 15) is 9.59 Å².